The van der Waals surface area contributed by atoms with Gasteiger partial charge in [0.25, 0.3) is 0 Å². The molecule has 4 rings (SSSR count). The Bertz CT molecular complexity index is 1590. The van der Waals surface area contributed by atoms with Gasteiger partial charge < -0.3 is 19.7 Å². The van der Waals surface area contributed by atoms with Crippen LogP contribution in [0.5, 0.6) is 11.5 Å². The standard InChI is InChI=1S/C37H36O5/c1-26-23-33(19-20-35(26)42-25-36(39)40)41-22-21-34(31-15-17-32(18-16-31)37(2,3)4)30-13-11-28(12-14-30)6-5-27-7-9-29(24-38)10-8-27/h7-21,23,38H,22,24-25H2,1-4H3,(H,39,40). The predicted octanol–water partition coefficient (Wildman–Crippen LogP) is 7.16. The van der Waals surface area contributed by atoms with Crippen molar-refractivity contribution in [2.75, 3.05) is 13.2 Å². The molecule has 0 atom stereocenters. The third kappa shape index (κ3) is 8.36. The maximum Gasteiger partial charge on any atom is 0.341 e. The molecule has 2 N–H and O–H groups in total. The Labute approximate surface area is 248 Å². The Kier molecular flexibility index (Phi) is 9.85. The van der Waals surface area contributed by atoms with E-state index in [4.69, 9.17) is 14.6 Å². The minimum absolute atomic E-state index is 0.0183. The molecule has 0 aliphatic carbocycles. The van der Waals surface area contributed by atoms with E-state index >= 15 is 0 Å². The number of aliphatic hydroxyl groups excluding tert-OH is 1. The second-order valence-electron chi connectivity index (χ2n) is 11.0. The van der Waals surface area contributed by atoms with Crippen molar-refractivity contribution in [1.29, 1.82) is 0 Å². The first-order valence-corrected chi connectivity index (χ1v) is 13.8. The highest BCUT2D eigenvalue weighted by atomic mass is 16.5. The number of carboxylic acids is 1. The molecule has 214 valence electrons. The average molecular weight is 561 g/mol. The number of rotatable bonds is 9. The topological polar surface area (TPSA) is 76.0 Å². The monoisotopic (exact) mass is 560 g/mol. The highest BCUT2D eigenvalue weighted by molar-refractivity contribution is 5.80. The summed E-state index contributed by atoms with van der Waals surface area (Å²) in [5, 5.41) is 18.1. The zero-order chi connectivity index (χ0) is 30.1. The lowest BCUT2D eigenvalue weighted by atomic mass is 9.85. The van der Waals surface area contributed by atoms with Gasteiger partial charge in [-0.15, -0.1) is 0 Å². The molecule has 0 bridgehead atoms. The lowest BCUT2D eigenvalue weighted by Gasteiger charge is -2.19. The molecule has 42 heavy (non-hydrogen) atoms. The molecule has 4 aromatic rings. The summed E-state index contributed by atoms with van der Waals surface area (Å²) in [6, 6.07) is 29.7. The molecular weight excluding hydrogens is 524 g/mol. The van der Waals surface area contributed by atoms with E-state index in [-0.39, 0.29) is 18.6 Å². The molecule has 5 heteroatoms. The number of hydrogen-bond acceptors (Lipinski definition) is 4. The second-order valence-corrected chi connectivity index (χ2v) is 11.0. The Morgan fingerprint density at radius 2 is 1.38 bits per heavy atom. The molecule has 0 spiro atoms. The molecule has 0 radical (unpaired) electrons. The van der Waals surface area contributed by atoms with Gasteiger partial charge in [-0.05, 0) is 94.3 Å². The highest BCUT2D eigenvalue weighted by Crippen LogP contribution is 2.29. The lowest BCUT2D eigenvalue weighted by Crippen LogP contribution is -2.10. The molecule has 0 amide bonds. The molecule has 0 saturated carbocycles. The minimum Gasteiger partial charge on any atom is -0.489 e. The van der Waals surface area contributed by atoms with Gasteiger partial charge in [-0.2, -0.15) is 0 Å². The summed E-state index contributed by atoms with van der Waals surface area (Å²) < 4.78 is 11.4. The Morgan fingerprint density at radius 3 is 1.90 bits per heavy atom. The summed E-state index contributed by atoms with van der Waals surface area (Å²) in [7, 11) is 0. The second kappa shape index (κ2) is 13.7. The van der Waals surface area contributed by atoms with Gasteiger partial charge in [0.1, 0.15) is 18.1 Å². The summed E-state index contributed by atoms with van der Waals surface area (Å²) >= 11 is 0. The van der Waals surface area contributed by atoms with Crippen molar-refractivity contribution in [3.63, 3.8) is 0 Å². The fourth-order valence-electron chi connectivity index (χ4n) is 4.36. The van der Waals surface area contributed by atoms with Crippen molar-refractivity contribution in [3.8, 4) is 23.3 Å². The van der Waals surface area contributed by atoms with Gasteiger partial charge in [-0.25, -0.2) is 4.79 Å². The van der Waals surface area contributed by atoms with Gasteiger partial charge in [0.15, 0.2) is 6.61 Å². The maximum absolute atomic E-state index is 10.8. The van der Waals surface area contributed by atoms with Crippen LogP contribution in [0.3, 0.4) is 0 Å². The molecule has 0 heterocycles. The third-order valence-electron chi connectivity index (χ3n) is 6.78. The maximum atomic E-state index is 10.8. The number of benzene rings is 4. The average Bonchev–Trinajstić information content (AvgIpc) is 2.98. The van der Waals surface area contributed by atoms with Crippen molar-refractivity contribution in [3.05, 3.63) is 136 Å². The molecule has 0 aromatic heterocycles. The normalized spacial score (nSPS) is 11.4. The van der Waals surface area contributed by atoms with Crippen molar-refractivity contribution in [2.45, 2.75) is 39.7 Å². The number of ether oxygens (including phenoxy) is 2. The van der Waals surface area contributed by atoms with Crippen LogP contribution >= 0.6 is 0 Å². The summed E-state index contributed by atoms with van der Waals surface area (Å²) in [6.45, 7) is 8.44. The van der Waals surface area contributed by atoms with Crippen molar-refractivity contribution < 1.29 is 24.5 Å². The molecule has 0 fully saturated rings. The number of aliphatic carboxylic acids is 1. The Balaban J connectivity index is 1.56. The fraction of sp³-hybridized carbons (Fsp3) is 0.216. The minimum atomic E-state index is -1.02. The van der Waals surface area contributed by atoms with Gasteiger partial charge >= 0.3 is 5.97 Å². The van der Waals surface area contributed by atoms with Gasteiger partial charge in [-0.1, -0.05) is 81.1 Å². The first-order chi connectivity index (χ1) is 20.1. The Morgan fingerprint density at radius 1 is 0.810 bits per heavy atom. The number of carbonyl (C=O) groups is 1. The predicted molar refractivity (Wildman–Crippen MR) is 167 cm³/mol. The van der Waals surface area contributed by atoms with E-state index in [1.54, 1.807) is 12.1 Å². The Hall–Kier alpha value is -4.79. The highest BCUT2D eigenvalue weighted by Gasteiger charge is 2.14. The molecule has 0 aliphatic rings. The van der Waals surface area contributed by atoms with Crippen LogP contribution in [0.4, 0.5) is 0 Å². The lowest BCUT2D eigenvalue weighted by molar-refractivity contribution is -0.139. The van der Waals surface area contributed by atoms with Crippen LogP contribution in [0, 0.1) is 18.8 Å². The molecule has 0 aliphatic heterocycles. The van der Waals surface area contributed by atoms with E-state index < -0.39 is 5.97 Å². The molecular formula is C37H36O5. The van der Waals surface area contributed by atoms with Crippen LogP contribution in [0.2, 0.25) is 0 Å². The van der Waals surface area contributed by atoms with E-state index in [0.717, 1.165) is 39.0 Å². The fourth-order valence-corrected chi connectivity index (χ4v) is 4.36. The van der Waals surface area contributed by atoms with Crippen LogP contribution in [0.15, 0.2) is 97.1 Å². The first-order valence-electron chi connectivity index (χ1n) is 13.8. The van der Waals surface area contributed by atoms with E-state index in [2.05, 4.69) is 75.1 Å². The van der Waals surface area contributed by atoms with Crippen LogP contribution in [0.1, 0.15) is 59.7 Å². The van der Waals surface area contributed by atoms with Gasteiger partial charge in [0.05, 0.1) is 6.61 Å². The summed E-state index contributed by atoms with van der Waals surface area (Å²) in [5.74, 6) is 6.58. The first kappa shape index (κ1) is 30.2. The third-order valence-corrected chi connectivity index (χ3v) is 6.78. The van der Waals surface area contributed by atoms with Gasteiger partial charge in [0.2, 0.25) is 0 Å². The molecule has 0 unspecified atom stereocenters. The zero-order valence-electron chi connectivity index (χ0n) is 24.5. The molecule has 0 saturated heterocycles. The van der Waals surface area contributed by atoms with Crippen LogP contribution in [-0.4, -0.2) is 29.4 Å². The van der Waals surface area contributed by atoms with E-state index in [9.17, 15) is 9.90 Å². The number of aliphatic hydroxyl groups is 1. The van der Waals surface area contributed by atoms with Crippen molar-refractivity contribution in [1.82, 2.24) is 0 Å². The summed E-state index contributed by atoms with van der Waals surface area (Å²) in [6.07, 6.45) is 2.07. The van der Waals surface area contributed by atoms with Gasteiger partial charge in [0, 0.05) is 11.1 Å². The van der Waals surface area contributed by atoms with Crippen molar-refractivity contribution >= 4 is 11.5 Å². The number of aryl methyl sites for hydroxylation is 1. The van der Waals surface area contributed by atoms with Crippen LogP contribution in [-0.2, 0) is 16.8 Å². The quantitative estimate of drug-likeness (QED) is 0.213. The van der Waals surface area contributed by atoms with Crippen LogP contribution < -0.4 is 9.47 Å². The van der Waals surface area contributed by atoms with Crippen molar-refractivity contribution in [2.24, 2.45) is 0 Å². The summed E-state index contributed by atoms with van der Waals surface area (Å²) in [4.78, 5) is 10.8. The largest absolute Gasteiger partial charge is 0.489 e. The van der Waals surface area contributed by atoms with Gasteiger partial charge in [-0.3, -0.25) is 0 Å². The SMILES string of the molecule is Cc1cc(OCC=C(c2ccc(C#Cc3ccc(CO)cc3)cc2)c2ccc(C(C)(C)C)cc2)ccc1OCC(=O)O. The zero-order valence-corrected chi connectivity index (χ0v) is 24.5. The van der Waals surface area contributed by atoms with Crippen LogP contribution in [0.25, 0.3) is 5.57 Å². The molecule has 4 aromatic carbocycles. The van der Waals surface area contributed by atoms with E-state index in [1.807, 2.05) is 49.4 Å². The smallest absolute Gasteiger partial charge is 0.341 e. The van der Waals surface area contributed by atoms with E-state index in [0.29, 0.717) is 18.1 Å². The summed E-state index contributed by atoms with van der Waals surface area (Å²) in [5.41, 5.74) is 7.97. The number of hydrogen-bond donors (Lipinski definition) is 2. The van der Waals surface area contributed by atoms with E-state index in [1.165, 1.54) is 5.56 Å². The number of carboxylic acid groups (broad SMARTS) is 1. The molecule has 5 nitrogen and oxygen atoms in total.